The lowest BCUT2D eigenvalue weighted by molar-refractivity contribution is 0.0953. The van der Waals surface area contributed by atoms with Crippen molar-refractivity contribution in [2.75, 3.05) is 25.5 Å². The quantitative estimate of drug-likeness (QED) is 0.409. The van der Waals surface area contributed by atoms with E-state index in [1.54, 1.807) is 19.4 Å². The fraction of sp³-hybridized carbons (Fsp3) is 0.174. The molecule has 2 heterocycles. The molecule has 0 aliphatic carbocycles. The van der Waals surface area contributed by atoms with Crippen LogP contribution in [0.4, 0.5) is 5.82 Å². The first-order valence-electron chi connectivity index (χ1n) is 9.71. The monoisotopic (exact) mass is 418 g/mol. The van der Waals surface area contributed by atoms with Gasteiger partial charge in [-0.1, -0.05) is 24.3 Å². The van der Waals surface area contributed by atoms with E-state index >= 15 is 0 Å². The number of nitrogens with one attached hydrogen (secondary N) is 2. The maximum absolute atomic E-state index is 12.5. The van der Waals surface area contributed by atoms with Gasteiger partial charge in [-0.2, -0.15) is 4.37 Å². The van der Waals surface area contributed by atoms with E-state index < -0.39 is 0 Å². The molecule has 4 rings (SSSR count). The van der Waals surface area contributed by atoms with Crippen LogP contribution in [0.25, 0.3) is 21.2 Å². The molecule has 0 spiro atoms. The Kier molecular flexibility index (Phi) is 6.20. The predicted octanol–water partition coefficient (Wildman–Crippen LogP) is 4.60. The smallest absolute Gasteiger partial charge is 0.251 e. The van der Waals surface area contributed by atoms with E-state index in [2.05, 4.69) is 32.1 Å². The number of rotatable bonds is 8. The third-order valence-electron chi connectivity index (χ3n) is 4.71. The number of fused-ring (bicyclic) bond motifs is 1. The van der Waals surface area contributed by atoms with Crippen molar-refractivity contribution in [1.29, 1.82) is 0 Å². The molecule has 30 heavy (non-hydrogen) atoms. The lowest BCUT2D eigenvalue weighted by Gasteiger charge is -2.08. The highest BCUT2D eigenvalue weighted by Gasteiger charge is 2.08. The molecule has 7 heteroatoms. The van der Waals surface area contributed by atoms with E-state index in [4.69, 9.17) is 4.74 Å². The topological polar surface area (TPSA) is 76.1 Å². The zero-order valence-corrected chi connectivity index (χ0v) is 17.4. The van der Waals surface area contributed by atoms with E-state index in [1.165, 1.54) is 16.2 Å². The molecule has 2 aromatic heterocycles. The number of anilines is 1. The van der Waals surface area contributed by atoms with Crippen LogP contribution in [0.3, 0.4) is 0 Å². The van der Waals surface area contributed by atoms with Gasteiger partial charge < -0.3 is 15.4 Å². The summed E-state index contributed by atoms with van der Waals surface area (Å²) >= 11 is 1.49. The highest BCUT2D eigenvalue weighted by molar-refractivity contribution is 7.13. The number of pyridine rings is 1. The molecule has 0 unspecified atom stereocenters. The molecule has 1 amide bonds. The maximum Gasteiger partial charge on any atom is 0.251 e. The van der Waals surface area contributed by atoms with Crippen LogP contribution in [-0.4, -0.2) is 35.5 Å². The molecule has 2 aromatic carbocycles. The Balaban J connectivity index is 1.28. The van der Waals surface area contributed by atoms with Crippen molar-refractivity contribution in [3.8, 4) is 17.0 Å². The van der Waals surface area contributed by atoms with E-state index in [0.717, 1.165) is 35.3 Å². The highest BCUT2D eigenvalue weighted by Crippen LogP contribution is 2.26. The molecule has 152 valence electrons. The number of benzene rings is 2. The average molecular weight is 419 g/mol. The van der Waals surface area contributed by atoms with Gasteiger partial charge >= 0.3 is 0 Å². The molecule has 2 N–H and O–H groups in total. The number of carbonyl (C=O) groups is 1. The van der Waals surface area contributed by atoms with Crippen molar-refractivity contribution in [2.45, 2.75) is 6.42 Å². The normalized spacial score (nSPS) is 10.7. The molecule has 0 aliphatic heterocycles. The van der Waals surface area contributed by atoms with Gasteiger partial charge in [0.25, 0.3) is 5.91 Å². The van der Waals surface area contributed by atoms with Gasteiger partial charge in [-0.15, -0.1) is 0 Å². The molecular formula is C23H22N4O2S. The van der Waals surface area contributed by atoms with Crippen molar-refractivity contribution < 1.29 is 9.53 Å². The Morgan fingerprint density at radius 3 is 2.77 bits per heavy atom. The fourth-order valence-electron chi connectivity index (χ4n) is 3.12. The van der Waals surface area contributed by atoms with E-state index in [9.17, 15) is 4.79 Å². The third-order valence-corrected chi connectivity index (χ3v) is 5.54. The van der Waals surface area contributed by atoms with Crippen LogP contribution >= 0.6 is 11.5 Å². The van der Waals surface area contributed by atoms with Crippen LogP contribution in [0, 0.1) is 0 Å². The molecular weight excluding hydrogens is 396 g/mol. The molecule has 0 fully saturated rings. The summed E-state index contributed by atoms with van der Waals surface area (Å²) in [4.78, 5) is 16.7. The summed E-state index contributed by atoms with van der Waals surface area (Å²) in [5.74, 6) is 1.38. The lowest BCUT2D eigenvalue weighted by atomic mass is 10.0. The van der Waals surface area contributed by atoms with Crippen molar-refractivity contribution in [2.24, 2.45) is 0 Å². The van der Waals surface area contributed by atoms with Gasteiger partial charge in [-0.3, -0.25) is 4.79 Å². The summed E-state index contributed by atoms with van der Waals surface area (Å²) in [5.41, 5.74) is 2.50. The molecule has 0 atom stereocenters. The van der Waals surface area contributed by atoms with Crippen LogP contribution in [0.15, 0.2) is 66.9 Å². The number of aromatic nitrogens is 2. The van der Waals surface area contributed by atoms with Gasteiger partial charge in [-0.25, -0.2) is 4.98 Å². The van der Waals surface area contributed by atoms with Crippen LogP contribution in [0.1, 0.15) is 16.8 Å². The number of carbonyl (C=O) groups excluding carboxylic acids is 1. The Morgan fingerprint density at radius 1 is 1.03 bits per heavy atom. The first-order valence-corrected chi connectivity index (χ1v) is 10.5. The largest absolute Gasteiger partial charge is 0.481 e. The highest BCUT2D eigenvalue weighted by atomic mass is 32.1. The third kappa shape index (κ3) is 4.58. The number of ether oxygens (including phenoxy) is 1. The van der Waals surface area contributed by atoms with Crippen molar-refractivity contribution >= 4 is 33.3 Å². The molecule has 0 bridgehead atoms. The van der Waals surface area contributed by atoms with Gasteiger partial charge in [0.1, 0.15) is 5.82 Å². The van der Waals surface area contributed by atoms with E-state index in [0.29, 0.717) is 18.0 Å². The molecule has 4 aromatic rings. The predicted molar refractivity (Wildman–Crippen MR) is 121 cm³/mol. The molecule has 0 radical (unpaired) electrons. The number of methoxy groups -OCH3 is 1. The van der Waals surface area contributed by atoms with Crippen molar-refractivity contribution in [3.05, 3.63) is 72.4 Å². The molecule has 6 nitrogen and oxygen atoms in total. The Hall–Kier alpha value is -3.45. The van der Waals surface area contributed by atoms with Gasteiger partial charge in [0, 0.05) is 41.9 Å². The zero-order chi connectivity index (χ0) is 20.8. The second kappa shape index (κ2) is 9.37. The summed E-state index contributed by atoms with van der Waals surface area (Å²) < 4.78 is 10.7. The van der Waals surface area contributed by atoms with Crippen LogP contribution < -0.4 is 15.4 Å². The SMILES string of the molecule is COc1ccc(-c2cccc(C(=O)NCCCNc3nsc4ccccc34)c2)cn1. The second-order valence-electron chi connectivity index (χ2n) is 6.73. The van der Waals surface area contributed by atoms with Gasteiger partial charge in [0.2, 0.25) is 5.88 Å². The van der Waals surface area contributed by atoms with Crippen LogP contribution in [-0.2, 0) is 0 Å². The van der Waals surface area contributed by atoms with Crippen LogP contribution in [0.2, 0.25) is 0 Å². The lowest BCUT2D eigenvalue weighted by Crippen LogP contribution is -2.25. The number of hydrogen-bond acceptors (Lipinski definition) is 6. The van der Waals surface area contributed by atoms with Gasteiger partial charge in [0.15, 0.2) is 0 Å². The Bertz CT molecular complexity index is 1140. The standard InChI is InChI=1S/C23H22N4O2S/c1-29-21-11-10-18(15-26-21)16-6-4-7-17(14-16)23(28)25-13-5-12-24-22-19-8-2-3-9-20(19)30-27-22/h2-4,6-11,14-15H,5,12-13H2,1H3,(H,24,27)(H,25,28). The summed E-state index contributed by atoms with van der Waals surface area (Å²) in [6.07, 6.45) is 2.55. The average Bonchev–Trinajstić information content (AvgIpc) is 3.22. The zero-order valence-electron chi connectivity index (χ0n) is 16.6. The summed E-state index contributed by atoms with van der Waals surface area (Å²) in [6, 6.07) is 19.4. The Morgan fingerprint density at radius 2 is 1.93 bits per heavy atom. The number of amides is 1. The van der Waals surface area contributed by atoms with E-state index in [1.807, 2.05) is 42.5 Å². The van der Waals surface area contributed by atoms with E-state index in [-0.39, 0.29) is 5.91 Å². The fourth-order valence-corrected chi connectivity index (χ4v) is 3.88. The first kappa shape index (κ1) is 19.8. The van der Waals surface area contributed by atoms with Gasteiger partial charge in [-0.05, 0) is 53.8 Å². The minimum atomic E-state index is -0.0857. The Labute approximate surface area is 179 Å². The van der Waals surface area contributed by atoms with Gasteiger partial charge in [0.05, 0.1) is 11.8 Å². The maximum atomic E-state index is 12.5. The van der Waals surface area contributed by atoms with Crippen LogP contribution in [0.5, 0.6) is 5.88 Å². The minimum Gasteiger partial charge on any atom is -0.481 e. The molecule has 0 saturated carbocycles. The molecule has 0 aliphatic rings. The first-order chi connectivity index (χ1) is 14.7. The number of hydrogen-bond donors (Lipinski definition) is 2. The number of nitrogens with zero attached hydrogens (tertiary/aromatic N) is 2. The minimum absolute atomic E-state index is 0.0857. The van der Waals surface area contributed by atoms with Crippen molar-refractivity contribution in [1.82, 2.24) is 14.7 Å². The van der Waals surface area contributed by atoms with Crippen molar-refractivity contribution in [3.63, 3.8) is 0 Å². The summed E-state index contributed by atoms with van der Waals surface area (Å²) in [7, 11) is 1.58. The molecule has 0 saturated heterocycles. The summed E-state index contributed by atoms with van der Waals surface area (Å²) in [6.45, 7) is 1.33. The second-order valence-corrected chi connectivity index (χ2v) is 7.54. The summed E-state index contributed by atoms with van der Waals surface area (Å²) in [5, 5.41) is 7.47.